The number of benzene rings is 1. The Bertz CT molecular complexity index is 916. The van der Waals surface area contributed by atoms with Crippen molar-refractivity contribution in [3.05, 3.63) is 42.7 Å². The van der Waals surface area contributed by atoms with Crippen LogP contribution in [-0.2, 0) is 14.8 Å². The van der Waals surface area contributed by atoms with Crippen molar-refractivity contribution in [2.45, 2.75) is 0 Å². The molecule has 0 radical (unpaired) electrons. The van der Waals surface area contributed by atoms with E-state index in [4.69, 9.17) is 9.47 Å². The predicted octanol–water partition coefficient (Wildman–Crippen LogP) is 0.132. The molecule has 2 aromatic rings. The van der Waals surface area contributed by atoms with Gasteiger partial charge in [-0.25, -0.2) is 18.4 Å². The third-order valence-corrected chi connectivity index (χ3v) is 6.45. The Morgan fingerprint density at radius 2 is 1.70 bits per heavy atom. The number of anilines is 1. The van der Waals surface area contributed by atoms with Crippen molar-refractivity contribution < 1.29 is 22.7 Å². The van der Waals surface area contributed by atoms with Crippen LogP contribution in [0.3, 0.4) is 0 Å². The molecule has 0 aliphatic carbocycles. The normalized spacial score (nSPS) is 14.9. The number of sulfonamides is 1. The van der Waals surface area contributed by atoms with Crippen LogP contribution >= 0.6 is 0 Å². The minimum absolute atomic E-state index is 0.0230. The van der Waals surface area contributed by atoms with E-state index in [1.54, 1.807) is 49.8 Å². The number of ether oxygens (including phenoxy) is 2. The molecule has 1 N–H and O–H groups in total. The molecule has 1 aromatic carbocycles. The summed E-state index contributed by atoms with van der Waals surface area (Å²) in [6, 6.07) is 8.57. The molecule has 1 aliphatic rings. The van der Waals surface area contributed by atoms with Gasteiger partial charge in [-0.3, -0.25) is 4.79 Å². The first kappa shape index (κ1) is 21.8. The first-order chi connectivity index (χ1) is 14.5. The van der Waals surface area contributed by atoms with E-state index in [0.717, 1.165) is 0 Å². The zero-order valence-electron chi connectivity index (χ0n) is 16.7. The Balaban J connectivity index is 1.38. The van der Waals surface area contributed by atoms with E-state index in [9.17, 15) is 13.2 Å². The molecule has 30 heavy (non-hydrogen) atoms. The molecular weight excluding hydrogens is 410 g/mol. The van der Waals surface area contributed by atoms with Crippen molar-refractivity contribution in [2.75, 3.05) is 57.1 Å². The smallest absolute Gasteiger partial charge is 0.257 e. The second-order valence-electron chi connectivity index (χ2n) is 6.57. The Morgan fingerprint density at radius 1 is 1.07 bits per heavy atom. The Hall–Kier alpha value is -2.92. The van der Waals surface area contributed by atoms with Gasteiger partial charge in [0.2, 0.25) is 16.0 Å². The number of hydrogen-bond donors (Lipinski definition) is 1. The fourth-order valence-electron chi connectivity index (χ4n) is 2.94. The number of aromatic nitrogens is 2. The van der Waals surface area contributed by atoms with Gasteiger partial charge in [0.05, 0.1) is 12.9 Å². The summed E-state index contributed by atoms with van der Waals surface area (Å²) in [6.07, 6.45) is 3.32. The predicted molar refractivity (Wildman–Crippen MR) is 111 cm³/mol. The van der Waals surface area contributed by atoms with E-state index in [1.165, 1.54) is 4.31 Å². The number of hydrogen-bond acceptors (Lipinski definition) is 8. The molecule has 1 aliphatic heterocycles. The topological polar surface area (TPSA) is 114 Å². The fraction of sp³-hybridized carbons (Fsp3) is 0.421. The van der Waals surface area contributed by atoms with Crippen LogP contribution in [-0.4, -0.2) is 80.8 Å². The third kappa shape index (κ3) is 6.04. The lowest BCUT2D eigenvalue weighted by Crippen LogP contribution is -2.50. The van der Waals surface area contributed by atoms with Crippen LogP contribution in [0.25, 0.3) is 0 Å². The quantitative estimate of drug-likeness (QED) is 0.591. The van der Waals surface area contributed by atoms with Gasteiger partial charge in [-0.2, -0.15) is 4.31 Å². The van der Waals surface area contributed by atoms with E-state index >= 15 is 0 Å². The Labute approximate surface area is 175 Å². The summed E-state index contributed by atoms with van der Waals surface area (Å²) in [7, 11) is -1.90. The molecule has 3 rings (SSSR count). The minimum atomic E-state index is -3.46. The molecule has 0 bridgehead atoms. The molecule has 2 heterocycles. The highest BCUT2D eigenvalue weighted by atomic mass is 32.2. The number of rotatable bonds is 9. The van der Waals surface area contributed by atoms with E-state index in [2.05, 4.69) is 15.3 Å². The summed E-state index contributed by atoms with van der Waals surface area (Å²) in [6.45, 7) is 1.58. The molecule has 10 nitrogen and oxygen atoms in total. The van der Waals surface area contributed by atoms with Gasteiger partial charge in [0.25, 0.3) is 5.91 Å². The zero-order chi connectivity index (χ0) is 21.4. The molecule has 0 atom stereocenters. The largest absolute Gasteiger partial charge is 0.497 e. The highest BCUT2D eigenvalue weighted by Crippen LogP contribution is 2.16. The van der Waals surface area contributed by atoms with Crippen molar-refractivity contribution in [3.63, 3.8) is 0 Å². The van der Waals surface area contributed by atoms with Crippen molar-refractivity contribution in [1.82, 2.24) is 19.6 Å². The molecule has 1 amide bonds. The number of carbonyl (C=O) groups is 1. The van der Waals surface area contributed by atoms with Crippen LogP contribution in [0.2, 0.25) is 0 Å². The highest BCUT2D eigenvalue weighted by molar-refractivity contribution is 7.89. The molecule has 1 fully saturated rings. The molecule has 0 spiro atoms. The van der Waals surface area contributed by atoms with Crippen molar-refractivity contribution >= 4 is 21.9 Å². The lowest BCUT2D eigenvalue weighted by atomic mass is 10.3. The average Bonchev–Trinajstić information content (AvgIpc) is 2.78. The Kier molecular flexibility index (Phi) is 7.41. The molecule has 0 unspecified atom stereocenters. The number of piperazine rings is 1. The van der Waals surface area contributed by atoms with Gasteiger partial charge >= 0.3 is 0 Å². The molecule has 162 valence electrons. The zero-order valence-corrected chi connectivity index (χ0v) is 17.5. The minimum Gasteiger partial charge on any atom is -0.497 e. The van der Waals surface area contributed by atoms with Gasteiger partial charge in [-0.1, -0.05) is 0 Å². The second kappa shape index (κ2) is 10.2. The lowest BCUT2D eigenvalue weighted by molar-refractivity contribution is -0.122. The third-order valence-electron chi connectivity index (χ3n) is 4.58. The fourth-order valence-corrected chi connectivity index (χ4v) is 4.28. The summed E-state index contributed by atoms with van der Waals surface area (Å²) in [5, 5.41) is 2.58. The maximum Gasteiger partial charge on any atom is 0.257 e. The summed E-state index contributed by atoms with van der Waals surface area (Å²) in [5.74, 6) is 1.27. The number of methoxy groups -OCH3 is 1. The summed E-state index contributed by atoms with van der Waals surface area (Å²) >= 11 is 0. The van der Waals surface area contributed by atoms with Crippen LogP contribution in [0.1, 0.15) is 0 Å². The van der Waals surface area contributed by atoms with Crippen molar-refractivity contribution in [3.8, 4) is 11.5 Å². The van der Waals surface area contributed by atoms with Crippen LogP contribution in [0.15, 0.2) is 42.7 Å². The highest BCUT2D eigenvalue weighted by Gasteiger charge is 2.27. The molecule has 1 saturated heterocycles. The van der Waals surface area contributed by atoms with Gasteiger partial charge in [0, 0.05) is 45.1 Å². The van der Waals surface area contributed by atoms with Crippen LogP contribution < -0.4 is 19.7 Å². The first-order valence-corrected chi connectivity index (χ1v) is 11.1. The lowest BCUT2D eigenvalue weighted by Gasteiger charge is -2.33. The van der Waals surface area contributed by atoms with Crippen LogP contribution in [0, 0.1) is 0 Å². The van der Waals surface area contributed by atoms with Gasteiger partial charge < -0.3 is 19.7 Å². The summed E-state index contributed by atoms with van der Waals surface area (Å²) in [4.78, 5) is 22.2. The maximum absolute atomic E-state index is 12.5. The maximum atomic E-state index is 12.5. The van der Waals surface area contributed by atoms with Gasteiger partial charge in [-0.15, -0.1) is 0 Å². The van der Waals surface area contributed by atoms with Gasteiger partial charge in [0.15, 0.2) is 6.61 Å². The number of carbonyl (C=O) groups excluding carboxylic acids is 1. The van der Waals surface area contributed by atoms with E-state index < -0.39 is 10.0 Å². The molecular formula is C19H25N5O5S. The molecule has 0 saturated carbocycles. The average molecular weight is 436 g/mol. The molecule has 1 aromatic heterocycles. The number of nitrogens with one attached hydrogen (secondary N) is 1. The number of nitrogens with zero attached hydrogens (tertiary/aromatic N) is 4. The van der Waals surface area contributed by atoms with Gasteiger partial charge in [-0.05, 0) is 30.3 Å². The van der Waals surface area contributed by atoms with Crippen LogP contribution in [0.4, 0.5) is 5.95 Å². The SMILES string of the molecule is COc1ccc(OCC(=O)NCCS(=O)(=O)N2CCN(c3ncccn3)CC2)cc1. The number of amides is 1. The van der Waals surface area contributed by atoms with E-state index in [0.29, 0.717) is 43.6 Å². The molecule has 11 heteroatoms. The van der Waals surface area contributed by atoms with E-state index in [-0.39, 0.29) is 24.8 Å². The van der Waals surface area contributed by atoms with Crippen molar-refractivity contribution in [1.29, 1.82) is 0 Å². The monoisotopic (exact) mass is 435 g/mol. The standard InChI is InChI=1S/C19H25N5O5S/c1-28-16-3-5-17(6-4-16)29-15-18(25)20-9-14-30(26,27)24-12-10-23(11-13-24)19-21-7-2-8-22-19/h2-8H,9-15H2,1H3,(H,20,25). The second-order valence-corrected chi connectivity index (χ2v) is 8.65. The Morgan fingerprint density at radius 3 is 2.33 bits per heavy atom. The van der Waals surface area contributed by atoms with Crippen LogP contribution in [0.5, 0.6) is 11.5 Å². The van der Waals surface area contributed by atoms with Crippen molar-refractivity contribution in [2.24, 2.45) is 0 Å². The summed E-state index contributed by atoms with van der Waals surface area (Å²) in [5.41, 5.74) is 0. The summed E-state index contributed by atoms with van der Waals surface area (Å²) < 4.78 is 36.9. The van der Waals surface area contributed by atoms with E-state index in [1.807, 2.05) is 4.90 Å². The first-order valence-electron chi connectivity index (χ1n) is 9.51. The van der Waals surface area contributed by atoms with Gasteiger partial charge in [0.1, 0.15) is 11.5 Å².